The molecule has 0 unspecified atom stereocenters. The first-order valence-electron chi connectivity index (χ1n) is 6.14. The molecule has 0 bridgehead atoms. The highest BCUT2D eigenvalue weighted by molar-refractivity contribution is 9.10. The molecule has 0 spiro atoms. The first kappa shape index (κ1) is 14.9. The lowest BCUT2D eigenvalue weighted by atomic mass is 10.0. The zero-order valence-corrected chi connectivity index (χ0v) is 12.7. The van der Waals surface area contributed by atoms with Crippen molar-refractivity contribution in [2.45, 2.75) is 17.7 Å². The van der Waals surface area contributed by atoms with Crippen molar-refractivity contribution in [2.24, 2.45) is 5.92 Å². The molecule has 1 aromatic carbocycles. The number of hydrogen-bond acceptors (Lipinski definition) is 3. The molecule has 1 aliphatic heterocycles. The van der Waals surface area contributed by atoms with Crippen molar-refractivity contribution in [1.29, 1.82) is 0 Å². The van der Waals surface area contributed by atoms with Gasteiger partial charge in [0.25, 0.3) is 0 Å². The van der Waals surface area contributed by atoms with E-state index in [2.05, 4.69) is 26.0 Å². The summed E-state index contributed by atoms with van der Waals surface area (Å²) >= 11 is 3.15. The maximum Gasteiger partial charge on any atom is 0.243 e. The lowest BCUT2D eigenvalue weighted by Gasteiger charge is -2.22. The predicted octanol–water partition coefficient (Wildman–Crippen LogP) is 1.87. The molecule has 0 radical (unpaired) electrons. The van der Waals surface area contributed by atoms with Gasteiger partial charge in [-0.25, -0.2) is 17.5 Å². The van der Waals surface area contributed by atoms with E-state index in [9.17, 15) is 12.8 Å². The van der Waals surface area contributed by atoms with Gasteiger partial charge in [-0.15, -0.1) is 0 Å². The van der Waals surface area contributed by atoms with E-state index in [1.54, 1.807) is 0 Å². The topological polar surface area (TPSA) is 58.2 Å². The Morgan fingerprint density at radius 2 is 2.26 bits per heavy atom. The first-order chi connectivity index (χ1) is 8.99. The molecule has 7 heteroatoms. The maximum absolute atomic E-state index is 13.6. The van der Waals surface area contributed by atoms with Crippen LogP contribution in [0.3, 0.4) is 0 Å². The highest BCUT2D eigenvalue weighted by Gasteiger charge is 2.21. The van der Waals surface area contributed by atoms with Gasteiger partial charge in [0.05, 0.1) is 0 Å². The summed E-state index contributed by atoms with van der Waals surface area (Å²) in [6.45, 7) is 2.11. The van der Waals surface area contributed by atoms with Crippen LogP contribution in [0.2, 0.25) is 0 Å². The standard InChI is InChI=1S/C12H16BrFN2O2S/c13-10-3-4-11(14)12(6-10)19(17,18)16-8-9-2-1-5-15-7-9/h3-4,6,9,15-16H,1-2,5,7-8H2/t9-/m1/s1. The van der Waals surface area contributed by atoms with Gasteiger partial charge in [-0.05, 0) is 50.0 Å². The van der Waals surface area contributed by atoms with E-state index in [0.29, 0.717) is 11.0 Å². The smallest absolute Gasteiger partial charge is 0.243 e. The molecule has 1 aliphatic rings. The Morgan fingerprint density at radius 3 is 2.95 bits per heavy atom. The van der Waals surface area contributed by atoms with Gasteiger partial charge in [-0.2, -0.15) is 0 Å². The van der Waals surface area contributed by atoms with Crippen molar-refractivity contribution in [3.05, 3.63) is 28.5 Å². The predicted molar refractivity (Wildman–Crippen MR) is 74.9 cm³/mol. The van der Waals surface area contributed by atoms with E-state index in [1.165, 1.54) is 12.1 Å². The van der Waals surface area contributed by atoms with Crippen molar-refractivity contribution < 1.29 is 12.8 Å². The van der Waals surface area contributed by atoms with Crippen LogP contribution in [0.15, 0.2) is 27.6 Å². The van der Waals surface area contributed by atoms with Crippen LogP contribution in [0.5, 0.6) is 0 Å². The second kappa shape index (κ2) is 6.30. The van der Waals surface area contributed by atoms with E-state index in [1.807, 2.05) is 0 Å². The molecule has 1 atom stereocenters. The molecule has 4 nitrogen and oxygen atoms in total. The molecular weight excluding hydrogens is 335 g/mol. The third-order valence-corrected chi connectivity index (χ3v) is 5.08. The number of rotatable bonds is 4. The van der Waals surface area contributed by atoms with Gasteiger partial charge in [0.2, 0.25) is 10.0 Å². The van der Waals surface area contributed by atoms with E-state index in [-0.39, 0.29) is 10.8 Å². The van der Waals surface area contributed by atoms with Crippen molar-refractivity contribution in [2.75, 3.05) is 19.6 Å². The summed E-state index contributed by atoms with van der Waals surface area (Å²) in [6, 6.07) is 3.89. The molecule has 1 fully saturated rings. The molecule has 106 valence electrons. The lowest BCUT2D eigenvalue weighted by molar-refractivity contribution is 0.375. The van der Waals surface area contributed by atoms with E-state index >= 15 is 0 Å². The van der Waals surface area contributed by atoms with Gasteiger partial charge in [-0.3, -0.25) is 0 Å². The number of piperidine rings is 1. The Hall–Kier alpha value is -0.500. The minimum Gasteiger partial charge on any atom is -0.316 e. The van der Waals surface area contributed by atoms with Crippen LogP contribution in [-0.2, 0) is 10.0 Å². The summed E-state index contributed by atoms with van der Waals surface area (Å²) in [5, 5.41) is 3.21. The highest BCUT2D eigenvalue weighted by atomic mass is 79.9. The van der Waals surface area contributed by atoms with Gasteiger partial charge >= 0.3 is 0 Å². The van der Waals surface area contributed by atoms with E-state index < -0.39 is 15.8 Å². The Balaban J connectivity index is 2.07. The molecular formula is C12H16BrFN2O2S. The number of nitrogens with one attached hydrogen (secondary N) is 2. The van der Waals surface area contributed by atoms with Crippen LogP contribution in [0.4, 0.5) is 4.39 Å². The monoisotopic (exact) mass is 350 g/mol. The normalized spacial score (nSPS) is 20.4. The Morgan fingerprint density at radius 1 is 1.47 bits per heavy atom. The summed E-state index contributed by atoms with van der Waals surface area (Å²) in [4.78, 5) is -0.314. The van der Waals surface area contributed by atoms with Gasteiger partial charge in [0, 0.05) is 11.0 Å². The Labute approximate surface area is 121 Å². The van der Waals surface area contributed by atoms with E-state index in [0.717, 1.165) is 32.0 Å². The molecule has 0 saturated carbocycles. The van der Waals surface area contributed by atoms with Crippen molar-refractivity contribution >= 4 is 26.0 Å². The van der Waals surface area contributed by atoms with Crippen LogP contribution in [0, 0.1) is 11.7 Å². The van der Waals surface area contributed by atoms with Gasteiger partial charge in [-0.1, -0.05) is 15.9 Å². The molecule has 19 heavy (non-hydrogen) atoms. The number of halogens is 2. The summed E-state index contributed by atoms with van der Waals surface area (Å²) in [7, 11) is -3.80. The van der Waals surface area contributed by atoms with Crippen LogP contribution < -0.4 is 10.0 Å². The SMILES string of the molecule is O=S(=O)(NC[C@@H]1CCCNC1)c1cc(Br)ccc1F. The number of hydrogen-bond donors (Lipinski definition) is 2. The molecule has 2 N–H and O–H groups in total. The molecule has 0 amide bonds. The fourth-order valence-corrected chi connectivity index (χ4v) is 3.82. The third-order valence-electron chi connectivity index (χ3n) is 3.14. The number of benzene rings is 1. The first-order valence-corrected chi connectivity index (χ1v) is 8.42. The molecule has 1 saturated heterocycles. The van der Waals surface area contributed by atoms with Crippen molar-refractivity contribution in [1.82, 2.24) is 10.0 Å². The second-order valence-corrected chi connectivity index (χ2v) is 7.29. The van der Waals surface area contributed by atoms with Gasteiger partial charge < -0.3 is 5.32 Å². The summed E-state index contributed by atoms with van der Waals surface area (Å²) in [5.41, 5.74) is 0. The minimum atomic E-state index is -3.80. The average Bonchev–Trinajstić information content (AvgIpc) is 2.40. The fraction of sp³-hybridized carbons (Fsp3) is 0.500. The van der Waals surface area contributed by atoms with Crippen LogP contribution in [0.25, 0.3) is 0 Å². The molecule has 2 rings (SSSR count). The quantitative estimate of drug-likeness (QED) is 0.871. The van der Waals surface area contributed by atoms with E-state index in [4.69, 9.17) is 0 Å². The zero-order valence-electron chi connectivity index (χ0n) is 10.3. The van der Waals surface area contributed by atoms with Crippen molar-refractivity contribution in [3.63, 3.8) is 0 Å². The summed E-state index contributed by atoms with van der Waals surface area (Å²) in [6.07, 6.45) is 2.02. The van der Waals surface area contributed by atoms with Crippen LogP contribution in [0.1, 0.15) is 12.8 Å². The molecule has 0 aliphatic carbocycles. The fourth-order valence-electron chi connectivity index (χ4n) is 2.09. The van der Waals surface area contributed by atoms with Crippen molar-refractivity contribution in [3.8, 4) is 0 Å². The second-order valence-electron chi connectivity index (χ2n) is 4.64. The Bertz CT molecular complexity index is 545. The van der Waals surface area contributed by atoms with Gasteiger partial charge in [0.15, 0.2) is 0 Å². The van der Waals surface area contributed by atoms with Crippen LogP contribution in [-0.4, -0.2) is 28.1 Å². The summed E-state index contributed by atoms with van der Waals surface area (Å²) < 4.78 is 40.7. The lowest BCUT2D eigenvalue weighted by Crippen LogP contribution is -2.38. The highest BCUT2D eigenvalue weighted by Crippen LogP contribution is 2.20. The summed E-state index contributed by atoms with van der Waals surface area (Å²) in [5.74, 6) is -0.476. The minimum absolute atomic E-state index is 0.263. The zero-order chi connectivity index (χ0) is 13.9. The van der Waals surface area contributed by atoms with Gasteiger partial charge in [0.1, 0.15) is 10.7 Å². The third kappa shape index (κ3) is 3.98. The van der Waals surface area contributed by atoms with Crippen LogP contribution >= 0.6 is 15.9 Å². The molecule has 0 aromatic heterocycles. The molecule has 1 heterocycles. The molecule has 1 aromatic rings. The largest absolute Gasteiger partial charge is 0.316 e. The Kier molecular flexibility index (Phi) is 4.94. The maximum atomic E-state index is 13.6. The average molecular weight is 351 g/mol. The number of sulfonamides is 1.